The van der Waals surface area contributed by atoms with Crippen molar-refractivity contribution < 1.29 is 18.3 Å². The SMILES string of the molecule is CC(C)(C)OC(=O)NCC(CN)C(F)(F)c1ccccc1. The summed E-state index contributed by atoms with van der Waals surface area (Å²) in [5.74, 6) is -4.32. The average Bonchev–Trinajstić information content (AvgIpc) is 2.38. The highest BCUT2D eigenvalue weighted by Crippen LogP contribution is 2.35. The quantitative estimate of drug-likeness (QED) is 0.879. The number of hydrogen-bond donors (Lipinski definition) is 2. The van der Waals surface area contributed by atoms with E-state index >= 15 is 0 Å². The second-order valence-corrected chi connectivity index (χ2v) is 5.80. The molecule has 1 unspecified atom stereocenters. The zero-order valence-electron chi connectivity index (χ0n) is 12.5. The fourth-order valence-corrected chi connectivity index (χ4v) is 1.78. The lowest BCUT2D eigenvalue weighted by atomic mass is 9.94. The van der Waals surface area contributed by atoms with Crippen molar-refractivity contribution >= 4 is 6.09 Å². The van der Waals surface area contributed by atoms with Crippen LogP contribution in [0.15, 0.2) is 30.3 Å². The van der Waals surface area contributed by atoms with Gasteiger partial charge >= 0.3 is 6.09 Å². The third-order valence-corrected chi connectivity index (χ3v) is 2.85. The summed E-state index contributed by atoms with van der Waals surface area (Å²) < 4.78 is 33.7. The Morgan fingerprint density at radius 3 is 2.33 bits per heavy atom. The molecule has 0 aromatic heterocycles. The molecule has 4 nitrogen and oxygen atoms in total. The Labute approximate surface area is 123 Å². The molecule has 0 bridgehead atoms. The summed E-state index contributed by atoms with van der Waals surface area (Å²) >= 11 is 0. The van der Waals surface area contributed by atoms with Crippen LogP contribution in [0.25, 0.3) is 0 Å². The summed E-state index contributed by atoms with van der Waals surface area (Å²) in [6.45, 7) is 4.59. The predicted octanol–water partition coefficient (Wildman–Crippen LogP) is 2.88. The number of alkyl carbamates (subject to hydrolysis) is 1. The van der Waals surface area contributed by atoms with Gasteiger partial charge in [-0.2, -0.15) is 0 Å². The van der Waals surface area contributed by atoms with Crippen LogP contribution >= 0.6 is 0 Å². The molecule has 1 aromatic rings. The normalized spacial score (nSPS) is 13.6. The Morgan fingerprint density at radius 2 is 1.86 bits per heavy atom. The molecule has 118 valence electrons. The van der Waals surface area contributed by atoms with Gasteiger partial charge < -0.3 is 15.8 Å². The van der Waals surface area contributed by atoms with Crippen molar-refractivity contribution in [3.63, 3.8) is 0 Å². The lowest BCUT2D eigenvalue weighted by Gasteiger charge is -2.27. The molecule has 6 heteroatoms. The summed E-state index contributed by atoms with van der Waals surface area (Å²) in [6, 6.07) is 7.43. The van der Waals surface area contributed by atoms with E-state index in [1.54, 1.807) is 26.8 Å². The number of nitrogens with one attached hydrogen (secondary N) is 1. The van der Waals surface area contributed by atoms with E-state index in [2.05, 4.69) is 5.32 Å². The maximum Gasteiger partial charge on any atom is 0.407 e. The monoisotopic (exact) mass is 300 g/mol. The van der Waals surface area contributed by atoms with Gasteiger partial charge in [0.15, 0.2) is 0 Å². The molecule has 0 heterocycles. The molecule has 0 aliphatic heterocycles. The van der Waals surface area contributed by atoms with E-state index in [0.29, 0.717) is 0 Å². The van der Waals surface area contributed by atoms with E-state index in [1.165, 1.54) is 24.3 Å². The third kappa shape index (κ3) is 5.30. The highest BCUT2D eigenvalue weighted by molar-refractivity contribution is 5.67. The molecule has 3 N–H and O–H groups in total. The van der Waals surface area contributed by atoms with Gasteiger partial charge in [0.25, 0.3) is 5.92 Å². The van der Waals surface area contributed by atoms with Crippen LogP contribution < -0.4 is 11.1 Å². The van der Waals surface area contributed by atoms with Gasteiger partial charge in [0.2, 0.25) is 0 Å². The van der Waals surface area contributed by atoms with Crippen LogP contribution in [0.4, 0.5) is 13.6 Å². The van der Waals surface area contributed by atoms with Crippen molar-refractivity contribution in [2.24, 2.45) is 11.7 Å². The van der Waals surface area contributed by atoms with Gasteiger partial charge in [0.05, 0.1) is 5.92 Å². The minimum absolute atomic E-state index is 0.119. The van der Waals surface area contributed by atoms with E-state index in [0.717, 1.165) is 0 Å². The molecule has 0 radical (unpaired) electrons. The van der Waals surface area contributed by atoms with Gasteiger partial charge in [0, 0.05) is 18.7 Å². The summed E-state index contributed by atoms with van der Waals surface area (Å²) in [4.78, 5) is 11.5. The Morgan fingerprint density at radius 1 is 1.29 bits per heavy atom. The van der Waals surface area contributed by atoms with Gasteiger partial charge in [-0.1, -0.05) is 30.3 Å². The average molecular weight is 300 g/mol. The van der Waals surface area contributed by atoms with Crippen LogP contribution in [0.3, 0.4) is 0 Å². The molecule has 1 rings (SSSR count). The maximum atomic E-state index is 14.3. The first kappa shape index (κ1) is 17.4. The molecule has 0 spiro atoms. The van der Waals surface area contributed by atoms with E-state index in [4.69, 9.17) is 10.5 Å². The standard InChI is InChI=1S/C15H22F2N2O2/c1-14(2,3)21-13(20)19-10-12(9-18)15(16,17)11-7-5-4-6-8-11/h4-8,12H,9-10,18H2,1-3H3,(H,19,20). The number of nitrogens with two attached hydrogens (primary N) is 1. The van der Waals surface area contributed by atoms with Crippen LogP contribution in [-0.4, -0.2) is 24.8 Å². The van der Waals surface area contributed by atoms with Gasteiger partial charge in [0.1, 0.15) is 5.60 Å². The minimum atomic E-state index is -3.12. The van der Waals surface area contributed by atoms with E-state index in [1.807, 2.05) is 0 Å². The summed E-state index contributed by atoms with van der Waals surface area (Å²) in [5, 5.41) is 2.34. The Hall–Kier alpha value is -1.69. The molecule has 0 saturated heterocycles. The first-order valence-electron chi connectivity index (χ1n) is 6.77. The van der Waals surface area contributed by atoms with Crippen molar-refractivity contribution in [3.05, 3.63) is 35.9 Å². The zero-order valence-corrected chi connectivity index (χ0v) is 12.5. The van der Waals surface area contributed by atoms with Crippen molar-refractivity contribution in [3.8, 4) is 0 Å². The molecule has 1 aromatic carbocycles. The van der Waals surface area contributed by atoms with Gasteiger partial charge in [-0.15, -0.1) is 0 Å². The summed E-state index contributed by atoms with van der Waals surface area (Å²) in [7, 11) is 0. The topological polar surface area (TPSA) is 64.3 Å². The lowest BCUT2D eigenvalue weighted by Crippen LogP contribution is -2.43. The number of carbonyl (C=O) groups excluding carboxylic acids is 1. The molecule has 0 aliphatic carbocycles. The number of halogens is 2. The van der Waals surface area contributed by atoms with Crippen molar-refractivity contribution in [2.75, 3.05) is 13.1 Å². The first-order valence-corrected chi connectivity index (χ1v) is 6.77. The Kier molecular flexibility index (Phi) is 5.66. The van der Waals surface area contributed by atoms with Crippen LogP contribution in [0.2, 0.25) is 0 Å². The molecular weight excluding hydrogens is 278 g/mol. The van der Waals surface area contributed by atoms with Gasteiger partial charge in [-0.05, 0) is 20.8 Å². The maximum absolute atomic E-state index is 14.3. The molecule has 1 amide bonds. The molecule has 0 aliphatic rings. The molecule has 0 fully saturated rings. The summed E-state index contributed by atoms with van der Waals surface area (Å²) in [6.07, 6.45) is -0.732. The highest BCUT2D eigenvalue weighted by atomic mass is 19.3. The van der Waals surface area contributed by atoms with Crippen LogP contribution in [0.1, 0.15) is 26.3 Å². The fourth-order valence-electron chi connectivity index (χ4n) is 1.78. The van der Waals surface area contributed by atoms with Gasteiger partial charge in [-0.25, -0.2) is 13.6 Å². The number of alkyl halides is 2. The third-order valence-electron chi connectivity index (χ3n) is 2.85. The smallest absolute Gasteiger partial charge is 0.407 e. The predicted molar refractivity (Wildman–Crippen MR) is 77.1 cm³/mol. The summed E-state index contributed by atoms with van der Waals surface area (Å²) in [5.41, 5.74) is 4.64. The second-order valence-electron chi connectivity index (χ2n) is 5.80. The largest absolute Gasteiger partial charge is 0.444 e. The molecule has 0 saturated carbocycles. The van der Waals surface area contributed by atoms with Crippen LogP contribution in [-0.2, 0) is 10.7 Å². The number of amides is 1. The van der Waals surface area contributed by atoms with Crippen molar-refractivity contribution in [2.45, 2.75) is 32.3 Å². The number of benzene rings is 1. The number of carbonyl (C=O) groups is 1. The Balaban J connectivity index is 2.69. The van der Waals surface area contributed by atoms with E-state index in [-0.39, 0.29) is 18.7 Å². The highest BCUT2D eigenvalue weighted by Gasteiger charge is 2.40. The lowest BCUT2D eigenvalue weighted by molar-refractivity contribution is -0.0610. The molecule has 21 heavy (non-hydrogen) atoms. The van der Waals surface area contributed by atoms with Crippen molar-refractivity contribution in [1.29, 1.82) is 0 Å². The van der Waals surface area contributed by atoms with Crippen LogP contribution in [0.5, 0.6) is 0 Å². The van der Waals surface area contributed by atoms with E-state index < -0.39 is 23.5 Å². The van der Waals surface area contributed by atoms with Crippen molar-refractivity contribution in [1.82, 2.24) is 5.32 Å². The van der Waals surface area contributed by atoms with Crippen LogP contribution in [0, 0.1) is 5.92 Å². The number of rotatable bonds is 5. The van der Waals surface area contributed by atoms with Gasteiger partial charge in [-0.3, -0.25) is 0 Å². The number of hydrogen-bond acceptors (Lipinski definition) is 3. The zero-order chi connectivity index (χ0) is 16.1. The fraction of sp³-hybridized carbons (Fsp3) is 0.533. The number of ether oxygens (including phenoxy) is 1. The molecular formula is C15H22F2N2O2. The second kappa shape index (κ2) is 6.85. The van der Waals surface area contributed by atoms with E-state index in [9.17, 15) is 13.6 Å². The Bertz CT molecular complexity index is 458. The molecule has 1 atom stereocenters. The first-order chi connectivity index (χ1) is 9.66. The minimum Gasteiger partial charge on any atom is -0.444 e.